The Morgan fingerprint density at radius 1 is 1.11 bits per heavy atom. The first kappa shape index (κ1) is 20.0. The van der Waals surface area contributed by atoms with Crippen molar-refractivity contribution >= 4 is 27.3 Å². The second-order valence-electron chi connectivity index (χ2n) is 6.69. The minimum atomic E-state index is -3.59. The van der Waals surface area contributed by atoms with Crippen molar-refractivity contribution in [1.82, 2.24) is 4.31 Å². The van der Waals surface area contributed by atoms with Gasteiger partial charge in [0.1, 0.15) is 6.04 Å². The van der Waals surface area contributed by atoms with E-state index < -0.39 is 16.1 Å². The smallest absolute Gasteiger partial charge is 0.246 e. The maximum absolute atomic E-state index is 12.6. The molecule has 1 heterocycles. The molecular weight excluding hydrogens is 382 g/mol. The van der Waals surface area contributed by atoms with E-state index in [2.05, 4.69) is 10.6 Å². The van der Waals surface area contributed by atoms with Crippen molar-refractivity contribution in [2.45, 2.75) is 24.8 Å². The standard InChI is InChI=1S/C19H23N3O5S/c1-12-5-7-15(28(24,25)22(3)4)10-16(12)21-19(23)13(2)20-14-6-8-17-18(9-14)27-11-26-17/h5-10,13,20H,11H2,1-4H3,(H,21,23)/t13-/m0/s1. The van der Waals surface area contributed by atoms with Crippen LogP contribution in [-0.4, -0.2) is 45.6 Å². The zero-order valence-electron chi connectivity index (χ0n) is 16.1. The van der Waals surface area contributed by atoms with Crippen molar-refractivity contribution in [3.63, 3.8) is 0 Å². The topological polar surface area (TPSA) is 97.0 Å². The molecule has 1 aliphatic heterocycles. The van der Waals surface area contributed by atoms with Crippen LogP contribution in [0.5, 0.6) is 11.5 Å². The van der Waals surface area contributed by atoms with Crippen molar-refractivity contribution in [1.29, 1.82) is 0 Å². The van der Waals surface area contributed by atoms with Crippen LogP contribution in [0.2, 0.25) is 0 Å². The summed E-state index contributed by atoms with van der Waals surface area (Å²) in [6.45, 7) is 3.70. The van der Waals surface area contributed by atoms with Crippen molar-refractivity contribution in [2.75, 3.05) is 31.5 Å². The minimum Gasteiger partial charge on any atom is -0.454 e. The Morgan fingerprint density at radius 3 is 2.54 bits per heavy atom. The van der Waals surface area contributed by atoms with Gasteiger partial charge in [-0.15, -0.1) is 0 Å². The lowest BCUT2D eigenvalue weighted by Crippen LogP contribution is -2.32. The number of rotatable bonds is 6. The number of hydrogen-bond donors (Lipinski definition) is 2. The van der Waals surface area contributed by atoms with Gasteiger partial charge < -0.3 is 20.1 Å². The molecule has 0 aliphatic carbocycles. The summed E-state index contributed by atoms with van der Waals surface area (Å²) in [5.41, 5.74) is 1.93. The maximum atomic E-state index is 12.6. The minimum absolute atomic E-state index is 0.120. The largest absolute Gasteiger partial charge is 0.454 e. The number of carbonyl (C=O) groups excluding carboxylic acids is 1. The Labute approximate surface area is 164 Å². The van der Waals surface area contributed by atoms with Crippen LogP contribution < -0.4 is 20.1 Å². The third kappa shape index (κ3) is 4.05. The van der Waals surface area contributed by atoms with E-state index in [0.717, 1.165) is 9.87 Å². The number of anilines is 2. The molecule has 0 bridgehead atoms. The fourth-order valence-corrected chi connectivity index (χ4v) is 3.58. The number of nitrogens with one attached hydrogen (secondary N) is 2. The summed E-state index contributed by atoms with van der Waals surface area (Å²) in [7, 11) is -0.660. The molecule has 2 N–H and O–H groups in total. The zero-order chi connectivity index (χ0) is 20.5. The third-order valence-electron chi connectivity index (χ3n) is 4.39. The Morgan fingerprint density at radius 2 is 1.82 bits per heavy atom. The molecular formula is C19H23N3O5S. The lowest BCUT2D eigenvalue weighted by molar-refractivity contribution is -0.116. The van der Waals surface area contributed by atoms with Crippen molar-refractivity contribution in [3.8, 4) is 11.5 Å². The highest BCUT2D eigenvalue weighted by molar-refractivity contribution is 7.89. The molecule has 0 fully saturated rings. The average molecular weight is 405 g/mol. The lowest BCUT2D eigenvalue weighted by Gasteiger charge is -2.18. The lowest BCUT2D eigenvalue weighted by atomic mass is 10.2. The van der Waals surface area contributed by atoms with Crippen LogP contribution in [0.3, 0.4) is 0 Å². The summed E-state index contributed by atoms with van der Waals surface area (Å²) >= 11 is 0. The van der Waals surface area contributed by atoms with Crippen LogP contribution in [-0.2, 0) is 14.8 Å². The van der Waals surface area contributed by atoms with E-state index >= 15 is 0 Å². The molecule has 0 radical (unpaired) electrons. The van der Waals surface area contributed by atoms with Gasteiger partial charge in [-0.3, -0.25) is 4.79 Å². The van der Waals surface area contributed by atoms with Gasteiger partial charge in [0.15, 0.2) is 11.5 Å². The van der Waals surface area contributed by atoms with Crippen LogP contribution in [0.4, 0.5) is 11.4 Å². The molecule has 1 amide bonds. The second-order valence-corrected chi connectivity index (χ2v) is 8.84. The number of hydrogen-bond acceptors (Lipinski definition) is 6. The number of sulfonamides is 1. The molecule has 2 aromatic carbocycles. The average Bonchev–Trinajstić information content (AvgIpc) is 3.10. The van der Waals surface area contributed by atoms with Crippen molar-refractivity contribution in [2.24, 2.45) is 0 Å². The number of benzene rings is 2. The highest BCUT2D eigenvalue weighted by Gasteiger charge is 2.20. The summed E-state index contributed by atoms with van der Waals surface area (Å²) in [5.74, 6) is 0.993. The van der Waals surface area contributed by atoms with Crippen LogP contribution in [0, 0.1) is 6.92 Å². The number of carbonyl (C=O) groups is 1. The first-order valence-electron chi connectivity index (χ1n) is 8.68. The van der Waals surface area contributed by atoms with Gasteiger partial charge in [0, 0.05) is 31.5 Å². The SMILES string of the molecule is Cc1ccc(S(=O)(=O)N(C)C)cc1NC(=O)[C@H](C)Nc1ccc2c(c1)OCO2. The molecule has 0 saturated heterocycles. The van der Waals surface area contributed by atoms with E-state index in [1.807, 2.05) is 0 Å². The van der Waals surface area contributed by atoms with Crippen LogP contribution >= 0.6 is 0 Å². The molecule has 28 heavy (non-hydrogen) atoms. The Balaban J connectivity index is 1.73. The molecule has 0 spiro atoms. The number of fused-ring (bicyclic) bond motifs is 1. The molecule has 0 unspecified atom stereocenters. The highest BCUT2D eigenvalue weighted by Crippen LogP contribution is 2.34. The highest BCUT2D eigenvalue weighted by atomic mass is 32.2. The van der Waals surface area contributed by atoms with E-state index in [9.17, 15) is 13.2 Å². The summed E-state index contributed by atoms with van der Waals surface area (Å²) in [6, 6.07) is 9.43. The summed E-state index contributed by atoms with van der Waals surface area (Å²) in [5, 5.41) is 5.89. The molecule has 150 valence electrons. The fraction of sp³-hybridized carbons (Fsp3) is 0.316. The summed E-state index contributed by atoms with van der Waals surface area (Å²) in [4.78, 5) is 12.7. The molecule has 0 saturated carbocycles. The van der Waals surface area contributed by atoms with Gasteiger partial charge in [-0.2, -0.15) is 0 Å². The molecule has 9 heteroatoms. The summed E-state index contributed by atoms with van der Waals surface area (Å²) < 4.78 is 36.4. The number of aryl methyl sites for hydroxylation is 1. The van der Waals surface area contributed by atoms with Gasteiger partial charge in [-0.25, -0.2) is 12.7 Å². The van der Waals surface area contributed by atoms with Gasteiger partial charge in [0.05, 0.1) is 4.90 Å². The predicted molar refractivity (Wildman–Crippen MR) is 106 cm³/mol. The Bertz CT molecular complexity index is 1000. The van der Waals surface area contributed by atoms with Crippen molar-refractivity contribution < 1.29 is 22.7 Å². The number of nitrogens with zero attached hydrogens (tertiary/aromatic N) is 1. The number of ether oxygens (including phenoxy) is 2. The van der Waals surface area contributed by atoms with E-state index in [0.29, 0.717) is 22.9 Å². The zero-order valence-corrected chi connectivity index (χ0v) is 17.0. The van der Waals surface area contributed by atoms with Crippen LogP contribution in [0.1, 0.15) is 12.5 Å². The van der Waals surface area contributed by atoms with Gasteiger partial charge in [0.2, 0.25) is 22.7 Å². The molecule has 0 aromatic heterocycles. The molecule has 3 rings (SSSR count). The monoisotopic (exact) mass is 405 g/mol. The van der Waals surface area contributed by atoms with E-state index in [4.69, 9.17) is 9.47 Å². The molecule has 2 aromatic rings. The van der Waals surface area contributed by atoms with E-state index in [1.165, 1.54) is 26.2 Å². The first-order chi connectivity index (χ1) is 13.2. The molecule has 8 nitrogen and oxygen atoms in total. The predicted octanol–water partition coefficient (Wildman–Crippen LogP) is 2.41. The third-order valence-corrected chi connectivity index (χ3v) is 6.21. The van der Waals surface area contributed by atoms with Gasteiger partial charge in [0.25, 0.3) is 0 Å². The van der Waals surface area contributed by atoms with Crippen molar-refractivity contribution in [3.05, 3.63) is 42.0 Å². The summed E-state index contributed by atoms with van der Waals surface area (Å²) in [6.07, 6.45) is 0. The fourth-order valence-electron chi connectivity index (χ4n) is 2.65. The molecule has 1 atom stereocenters. The second kappa shape index (κ2) is 7.69. The van der Waals surface area contributed by atoms with E-state index in [-0.39, 0.29) is 17.6 Å². The normalized spacial score (nSPS) is 14.0. The van der Waals surface area contributed by atoms with Gasteiger partial charge >= 0.3 is 0 Å². The van der Waals surface area contributed by atoms with Gasteiger partial charge in [-0.05, 0) is 43.7 Å². The van der Waals surface area contributed by atoms with E-state index in [1.54, 1.807) is 38.1 Å². The first-order valence-corrected chi connectivity index (χ1v) is 10.1. The molecule has 1 aliphatic rings. The van der Waals surface area contributed by atoms with Gasteiger partial charge in [-0.1, -0.05) is 6.07 Å². The van der Waals surface area contributed by atoms with Crippen LogP contribution in [0.25, 0.3) is 0 Å². The number of amides is 1. The Kier molecular flexibility index (Phi) is 5.48. The maximum Gasteiger partial charge on any atom is 0.246 e. The van der Waals surface area contributed by atoms with Crippen LogP contribution in [0.15, 0.2) is 41.3 Å². The Hall–Kier alpha value is -2.78. The quantitative estimate of drug-likeness (QED) is 0.766.